The topological polar surface area (TPSA) is 68.2 Å². The first kappa shape index (κ1) is 25.3. The van der Waals surface area contributed by atoms with Crippen molar-refractivity contribution < 1.29 is 27.1 Å². The summed E-state index contributed by atoms with van der Waals surface area (Å²) in [6, 6.07) is 17.2. The zero-order valence-electron chi connectivity index (χ0n) is 19.7. The summed E-state index contributed by atoms with van der Waals surface area (Å²) in [6.45, 7) is 1.49. The van der Waals surface area contributed by atoms with Gasteiger partial charge in [0, 0.05) is 16.6 Å². The van der Waals surface area contributed by atoms with Gasteiger partial charge in [0.15, 0.2) is 0 Å². The Labute approximate surface area is 218 Å². The number of carbonyl (C=O) groups is 1. The summed E-state index contributed by atoms with van der Waals surface area (Å²) in [7, 11) is 0. The van der Waals surface area contributed by atoms with Crippen LogP contribution in [0.2, 0.25) is 0 Å². The molecule has 0 aliphatic carbocycles. The van der Waals surface area contributed by atoms with Gasteiger partial charge in [0.05, 0.1) is 29.5 Å². The van der Waals surface area contributed by atoms with Crippen molar-refractivity contribution in [3.63, 3.8) is 0 Å². The molecule has 3 aromatic carbocycles. The second-order valence-electron chi connectivity index (χ2n) is 8.25. The Morgan fingerprint density at radius 2 is 1.71 bits per heavy atom. The van der Waals surface area contributed by atoms with E-state index in [1.807, 2.05) is 6.07 Å². The van der Waals surface area contributed by atoms with Gasteiger partial charge in [-0.15, -0.1) is 24.5 Å². The van der Waals surface area contributed by atoms with E-state index in [2.05, 4.69) is 19.7 Å². The summed E-state index contributed by atoms with van der Waals surface area (Å²) in [6.07, 6.45) is -1.90. The summed E-state index contributed by atoms with van der Waals surface area (Å²) < 4.78 is 56.6. The number of hydrogen-bond donors (Lipinski definition) is 0. The highest BCUT2D eigenvalue weighted by molar-refractivity contribution is 7.15. The van der Waals surface area contributed by atoms with E-state index in [1.54, 1.807) is 30.5 Å². The van der Waals surface area contributed by atoms with Gasteiger partial charge < -0.3 is 4.74 Å². The van der Waals surface area contributed by atoms with Gasteiger partial charge in [0.1, 0.15) is 22.3 Å². The molecule has 0 aliphatic heterocycles. The fraction of sp³-hybridized carbons (Fsp3) is 0.111. The predicted molar refractivity (Wildman–Crippen MR) is 135 cm³/mol. The number of rotatable bonds is 6. The van der Waals surface area contributed by atoms with Gasteiger partial charge in [-0.1, -0.05) is 24.3 Å². The number of nitrogens with zero attached hydrogens (tertiary/aromatic N) is 4. The lowest BCUT2D eigenvalue weighted by Crippen LogP contribution is -2.31. The van der Waals surface area contributed by atoms with Gasteiger partial charge in [0.2, 0.25) is 0 Å². The molecule has 0 fully saturated rings. The SMILES string of the molecule is Cc1cc(-c2ncc(CN(C(=O)c3cnc4ccccc4n3)c3ccccc3F)s2)ccc1OC(F)(F)F. The lowest BCUT2D eigenvalue weighted by Gasteiger charge is -2.22. The van der Waals surface area contributed by atoms with Crippen molar-refractivity contribution in [3.8, 4) is 16.3 Å². The maximum Gasteiger partial charge on any atom is 0.573 e. The van der Waals surface area contributed by atoms with E-state index in [9.17, 15) is 22.4 Å². The number of thiazole rings is 1. The molecule has 5 rings (SSSR count). The second-order valence-corrected chi connectivity index (χ2v) is 9.36. The van der Waals surface area contributed by atoms with Crippen LogP contribution in [0.1, 0.15) is 20.9 Å². The summed E-state index contributed by atoms with van der Waals surface area (Å²) in [4.78, 5) is 28.5. The van der Waals surface area contributed by atoms with Crippen LogP contribution in [0.25, 0.3) is 21.6 Å². The quantitative estimate of drug-likeness (QED) is 0.219. The van der Waals surface area contributed by atoms with Crippen LogP contribution in [-0.2, 0) is 6.54 Å². The Balaban J connectivity index is 1.45. The number of amides is 1. The molecule has 0 spiro atoms. The van der Waals surface area contributed by atoms with Gasteiger partial charge in [-0.3, -0.25) is 14.7 Å². The summed E-state index contributed by atoms with van der Waals surface area (Å²) in [5, 5.41) is 0.521. The minimum absolute atomic E-state index is 0.0137. The number of aromatic nitrogens is 3. The first-order valence-electron chi connectivity index (χ1n) is 11.3. The van der Waals surface area contributed by atoms with Gasteiger partial charge >= 0.3 is 6.36 Å². The van der Waals surface area contributed by atoms with Crippen LogP contribution in [0.3, 0.4) is 0 Å². The molecule has 0 N–H and O–H groups in total. The van der Waals surface area contributed by atoms with E-state index in [0.717, 1.165) is 0 Å². The molecule has 0 saturated heterocycles. The number of halogens is 4. The highest BCUT2D eigenvalue weighted by atomic mass is 32.1. The minimum atomic E-state index is -4.79. The fourth-order valence-electron chi connectivity index (χ4n) is 3.83. The van der Waals surface area contributed by atoms with Gasteiger partial charge in [-0.2, -0.15) is 0 Å². The van der Waals surface area contributed by atoms with Crippen LogP contribution in [0.5, 0.6) is 5.75 Å². The van der Waals surface area contributed by atoms with Crippen LogP contribution >= 0.6 is 11.3 Å². The number of para-hydroxylation sites is 3. The molecule has 6 nitrogen and oxygen atoms in total. The monoisotopic (exact) mass is 538 g/mol. The van der Waals surface area contributed by atoms with Gasteiger partial charge in [-0.25, -0.2) is 14.4 Å². The number of aryl methyl sites for hydroxylation is 1. The Morgan fingerprint density at radius 1 is 0.974 bits per heavy atom. The third-order valence-electron chi connectivity index (χ3n) is 5.57. The van der Waals surface area contributed by atoms with Crippen LogP contribution in [0.4, 0.5) is 23.2 Å². The molecule has 2 aromatic heterocycles. The zero-order chi connectivity index (χ0) is 26.9. The highest BCUT2D eigenvalue weighted by Gasteiger charge is 2.32. The van der Waals surface area contributed by atoms with Crippen molar-refractivity contribution in [1.82, 2.24) is 15.0 Å². The third-order valence-corrected chi connectivity index (χ3v) is 6.60. The van der Waals surface area contributed by atoms with Crippen LogP contribution in [0, 0.1) is 12.7 Å². The van der Waals surface area contributed by atoms with Crippen molar-refractivity contribution in [3.05, 3.63) is 101 Å². The van der Waals surface area contributed by atoms with Crippen molar-refractivity contribution in [2.75, 3.05) is 4.90 Å². The van der Waals surface area contributed by atoms with E-state index in [1.165, 1.54) is 65.8 Å². The van der Waals surface area contributed by atoms with Crippen LogP contribution in [-0.4, -0.2) is 27.2 Å². The number of anilines is 1. The number of hydrogen-bond acceptors (Lipinski definition) is 6. The van der Waals surface area contributed by atoms with E-state index in [-0.39, 0.29) is 29.2 Å². The lowest BCUT2D eigenvalue weighted by molar-refractivity contribution is -0.274. The molecule has 0 atom stereocenters. The molecule has 0 unspecified atom stereocenters. The Kier molecular flexibility index (Phi) is 6.77. The smallest absolute Gasteiger partial charge is 0.406 e. The maximum absolute atomic E-state index is 14.8. The molecule has 11 heteroatoms. The normalized spacial score (nSPS) is 11.5. The Bertz CT molecular complexity index is 1640. The van der Waals surface area contributed by atoms with Gasteiger partial charge in [-0.05, 0) is 55.0 Å². The molecule has 0 saturated carbocycles. The fourth-order valence-corrected chi connectivity index (χ4v) is 4.72. The molecule has 2 heterocycles. The average molecular weight is 539 g/mol. The number of benzene rings is 3. The Morgan fingerprint density at radius 3 is 2.45 bits per heavy atom. The number of carbonyl (C=O) groups excluding carboxylic acids is 1. The second kappa shape index (κ2) is 10.2. The predicted octanol–water partition coefficient (Wildman–Crippen LogP) is 6.95. The van der Waals surface area contributed by atoms with E-state index >= 15 is 0 Å². The molecular weight excluding hydrogens is 520 g/mol. The minimum Gasteiger partial charge on any atom is -0.406 e. The number of ether oxygens (including phenoxy) is 1. The molecule has 0 aliphatic rings. The van der Waals surface area contributed by atoms with Crippen molar-refractivity contribution in [1.29, 1.82) is 0 Å². The Hall–Kier alpha value is -4.38. The summed E-state index contributed by atoms with van der Waals surface area (Å²) >= 11 is 1.23. The zero-order valence-corrected chi connectivity index (χ0v) is 20.6. The molecular formula is C27H18F4N4O2S. The van der Waals surface area contributed by atoms with Crippen molar-refractivity contribution in [2.45, 2.75) is 19.8 Å². The largest absolute Gasteiger partial charge is 0.573 e. The van der Waals surface area contributed by atoms with Crippen LogP contribution < -0.4 is 9.64 Å². The highest BCUT2D eigenvalue weighted by Crippen LogP contribution is 2.33. The van der Waals surface area contributed by atoms with Crippen molar-refractivity contribution >= 4 is 34.0 Å². The van der Waals surface area contributed by atoms with Gasteiger partial charge in [0.25, 0.3) is 5.91 Å². The van der Waals surface area contributed by atoms with Crippen molar-refractivity contribution in [2.24, 2.45) is 0 Å². The first-order valence-corrected chi connectivity index (χ1v) is 12.1. The average Bonchev–Trinajstić information content (AvgIpc) is 3.36. The summed E-state index contributed by atoms with van der Waals surface area (Å²) in [5.41, 5.74) is 2.13. The number of fused-ring (bicyclic) bond motifs is 1. The third kappa shape index (κ3) is 5.47. The molecule has 192 valence electrons. The first-order chi connectivity index (χ1) is 18.2. The molecule has 38 heavy (non-hydrogen) atoms. The lowest BCUT2D eigenvalue weighted by atomic mass is 10.1. The van der Waals surface area contributed by atoms with E-state index in [4.69, 9.17) is 0 Å². The molecule has 1 amide bonds. The van der Waals surface area contributed by atoms with Crippen LogP contribution in [0.15, 0.2) is 79.1 Å². The molecule has 0 bridgehead atoms. The van der Waals surface area contributed by atoms with E-state index in [0.29, 0.717) is 26.5 Å². The van der Waals surface area contributed by atoms with E-state index < -0.39 is 18.1 Å². The maximum atomic E-state index is 14.8. The number of alkyl halides is 3. The standard InChI is InChI=1S/C27H18F4N4O2S/c1-16-12-17(10-11-24(16)37-27(29,30)31)25-33-13-18(38-25)15-35(23-9-5-2-6-19(23)28)26(36)22-14-32-20-7-3-4-8-21(20)34-22/h2-14H,15H2,1H3. The summed E-state index contributed by atoms with van der Waals surface area (Å²) in [5.74, 6) is -1.44. The molecule has 5 aromatic rings. The molecule has 0 radical (unpaired) electrons.